The van der Waals surface area contributed by atoms with Gasteiger partial charge >= 0.3 is 0 Å². The molecule has 0 radical (unpaired) electrons. The summed E-state index contributed by atoms with van der Waals surface area (Å²) < 4.78 is 2.00. The number of amides is 1. The molecule has 3 rings (SSSR count). The summed E-state index contributed by atoms with van der Waals surface area (Å²) in [5, 5.41) is 11.1. The summed E-state index contributed by atoms with van der Waals surface area (Å²) in [6, 6.07) is 8.31. The van der Waals surface area contributed by atoms with Crippen molar-refractivity contribution in [2.24, 2.45) is 0 Å². The Morgan fingerprint density at radius 3 is 2.79 bits per heavy atom. The lowest BCUT2D eigenvalue weighted by atomic mass is 9.93. The second-order valence-corrected chi connectivity index (χ2v) is 6.13. The van der Waals surface area contributed by atoms with E-state index < -0.39 is 0 Å². The second kappa shape index (κ2) is 7.57. The van der Waals surface area contributed by atoms with Gasteiger partial charge in [0, 0.05) is 26.1 Å². The van der Waals surface area contributed by atoms with Crippen molar-refractivity contribution in [2.75, 3.05) is 13.1 Å². The van der Waals surface area contributed by atoms with Gasteiger partial charge in [-0.2, -0.15) is 0 Å². The van der Waals surface area contributed by atoms with Gasteiger partial charge in [0.2, 0.25) is 5.91 Å². The minimum atomic E-state index is -0.0889. The predicted octanol–water partition coefficient (Wildman–Crippen LogP) is 1.40. The van der Waals surface area contributed by atoms with Crippen molar-refractivity contribution in [3.8, 4) is 0 Å². The van der Waals surface area contributed by atoms with Crippen molar-refractivity contribution >= 4 is 5.91 Å². The molecule has 1 aliphatic rings. The van der Waals surface area contributed by atoms with E-state index >= 15 is 0 Å². The van der Waals surface area contributed by atoms with E-state index in [-0.39, 0.29) is 11.9 Å². The number of aromatic nitrogens is 3. The van der Waals surface area contributed by atoms with Gasteiger partial charge < -0.3 is 9.88 Å². The summed E-state index contributed by atoms with van der Waals surface area (Å²) in [7, 11) is 0. The molecule has 0 fully saturated rings. The number of hydrogen-bond acceptors (Lipinski definition) is 4. The largest absolute Gasteiger partial charge is 0.354 e. The number of hydrogen-bond donors (Lipinski definition) is 1. The van der Waals surface area contributed by atoms with Crippen molar-refractivity contribution in [3.05, 3.63) is 47.5 Å². The molecular weight excluding hydrogens is 302 g/mol. The molecule has 1 amide bonds. The molecule has 2 aromatic rings. The maximum Gasteiger partial charge on any atom is 0.237 e. The van der Waals surface area contributed by atoms with Gasteiger partial charge in [-0.25, -0.2) is 0 Å². The topological polar surface area (TPSA) is 63.1 Å². The molecule has 0 saturated carbocycles. The van der Waals surface area contributed by atoms with E-state index in [4.69, 9.17) is 0 Å². The molecule has 0 bridgehead atoms. The molecular formula is C18H25N5O. The lowest BCUT2D eigenvalue weighted by Crippen LogP contribution is -2.50. The summed E-state index contributed by atoms with van der Waals surface area (Å²) in [5.74, 6) is 1.02. The van der Waals surface area contributed by atoms with E-state index in [1.165, 1.54) is 11.1 Å². The Bertz CT molecular complexity index is 696. The average Bonchev–Trinajstić information content (AvgIpc) is 3.08. The first kappa shape index (κ1) is 16.6. The maximum absolute atomic E-state index is 12.7. The fraction of sp³-hybridized carbons (Fsp3) is 0.500. The van der Waals surface area contributed by atoms with E-state index in [0.29, 0.717) is 13.0 Å². The van der Waals surface area contributed by atoms with Crippen molar-refractivity contribution < 1.29 is 4.79 Å². The van der Waals surface area contributed by atoms with E-state index in [1.807, 2.05) is 10.6 Å². The number of fused-ring (bicyclic) bond motifs is 1. The van der Waals surface area contributed by atoms with Crippen LogP contribution >= 0.6 is 0 Å². The van der Waals surface area contributed by atoms with Crippen LogP contribution in [0.15, 0.2) is 30.6 Å². The van der Waals surface area contributed by atoms with E-state index in [1.54, 1.807) is 6.33 Å². The van der Waals surface area contributed by atoms with Crippen LogP contribution in [0.3, 0.4) is 0 Å². The highest BCUT2D eigenvalue weighted by molar-refractivity contribution is 5.82. The first-order chi connectivity index (χ1) is 11.7. The SMILES string of the molecule is CCN1Cc2ccccc2C[C@H]1C(=O)NCCc1nncn1CC. The second-order valence-electron chi connectivity index (χ2n) is 6.13. The van der Waals surface area contributed by atoms with Crippen LogP contribution in [-0.2, 0) is 30.7 Å². The Labute approximate surface area is 142 Å². The zero-order valence-electron chi connectivity index (χ0n) is 14.4. The van der Waals surface area contributed by atoms with Crippen LogP contribution in [0, 0.1) is 0 Å². The van der Waals surface area contributed by atoms with Gasteiger partial charge in [-0.05, 0) is 31.0 Å². The molecule has 0 spiro atoms. The standard InChI is InChI=1S/C18H25N5O/c1-3-22-12-15-8-6-5-7-14(15)11-16(22)18(24)19-10-9-17-21-20-13-23(17)4-2/h5-8,13,16H,3-4,9-12H2,1-2H3,(H,19,24)/t16-/m0/s1. The quantitative estimate of drug-likeness (QED) is 0.871. The summed E-state index contributed by atoms with van der Waals surface area (Å²) in [5.41, 5.74) is 2.62. The van der Waals surface area contributed by atoms with Gasteiger partial charge in [0.25, 0.3) is 0 Å². The molecule has 1 aromatic carbocycles. The normalized spacial score (nSPS) is 17.5. The fourth-order valence-electron chi connectivity index (χ4n) is 3.32. The number of likely N-dealkylation sites (N-methyl/N-ethyl adjacent to an activating group) is 1. The van der Waals surface area contributed by atoms with Crippen LogP contribution in [-0.4, -0.2) is 44.7 Å². The predicted molar refractivity (Wildman–Crippen MR) is 92.4 cm³/mol. The molecule has 0 aliphatic carbocycles. The molecule has 6 nitrogen and oxygen atoms in total. The molecule has 24 heavy (non-hydrogen) atoms. The van der Waals surface area contributed by atoms with Crippen LogP contribution in [0.5, 0.6) is 0 Å². The molecule has 0 unspecified atom stereocenters. The fourth-order valence-corrected chi connectivity index (χ4v) is 3.32. The first-order valence-electron chi connectivity index (χ1n) is 8.68. The third-order valence-corrected chi connectivity index (χ3v) is 4.74. The molecule has 1 atom stereocenters. The number of nitrogens with one attached hydrogen (secondary N) is 1. The molecule has 1 aromatic heterocycles. The maximum atomic E-state index is 12.7. The Balaban J connectivity index is 1.60. The highest BCUT2D eigenvalue weighted by Gasteiger charge is 2.30. The van der Waals surface area contributed by atoms with Crippen LogP contribution in [0.1, 0.15) is 30.8 Å². The van der Waals surface area contributed by atoms with Crippen LogP contribution in [0.4, 0.5) is 0 Å². The van der Waals surface area contributed by atoms with Gasteiger partial charge in [0.1, 0.15) is 12.2 Å². The molecule has 2 heterocycles. The van der Waals surface area contributed by atoms with Gasteiger partial charge in [0.05, 0.1) is 6.04 Å². The monoisotopic (exact) mass is 327 g/mol. The zero-order valence-corrected chi connectivity index (χ0v) is 14.4. The summed E-state index contributed by atoms with van der Waals surface area (Å²) in [4.78, 5) is 14.9. The molecule has 0 saturated heterocycles. The Morgan fingerprint density at radius 1 is 1.25 bits per heavy atom. The third kappa shape index (κ3) is 3.48. The zero-order chi connectivity index (χ0) is 16.9. The molecule has 1 aliphatic heterocycles. The van der Waals surface area contributed by atoms with Crippen LogP contribution in [0.2, 0.25) is 0 Å². The number of benzene rings is 1. The highest BCUT2D eigenvalue weighted by atomic mass is 16.2. The van der Waals surface area contributed by atoms with Crippen molar-refractivity contribution in [1.82, 2.24) is 25.0 Å². The van der Waals surface area contributed by atoms with Crippen LogP contribution < -0.4 is 5.32 Å². The average molecular weight is 327 g/mol. The first-order valence-corrected chi connectivity index (χ1v) is 8.68. The van der Waals surface area contributed by atoms with Gasteiger partial charge in [0.15, 0.2) is 0 Å². The van der Waals surface area contributed by atoms with E-state index in [9.17, 15) is 4.79 Å². The number of rotatable bonds is 6. The van der Waals surface area contributed by atoms with Crippen molar-refractivity contribution in [1.29, 1.82) is 0 Å². The van der Waals surface area contributed by atoms with Crippen molar-refractivity contribution in [2.45, 2.75) is 45.8 Å². The number of carbonyl (C=O) groups is 1. The summed E-state index contributed by atoms with van der Waals surface area (Å²) >= 11 is 0. The minimum Gasteiger partial charge on any atom is -0.354 e. The molecule has 128 valence electrons. The lowest BCUT2D eigenvalue weighted by Gasteiger charge is -2.35. The third-order valence-electron chi connectivity index (χ3n) is 4.74. The van der Waals surface area contributed by atoms with E-state index in [0.717, 1.165) is 31.9 Å². The summed E-state index contributed by atoms with van der Waals surface area (Å²) in [6.45, 7) is 7.32. The number of aryl methyl sites for hydroxylation is 1. The Kier molecular flexibility index (Phi) is 5.25. The minimum absolute atomic E-state index is 0.0889. The summed E-state index contributed by atoms with van der Waals surface area (Å²) in [6.07, 6.45) is 3.21. The van der Waals surface area contributed by atoms with Gasteiger partial charge in [-0.1, -0.05) is 31.2 Å². The number of carbonyl (C=O) groups excluding carboxylic acids is 1. The van der Waals surface area contributed by atoms with E-state index in [2.05, 4.69) is 52.5 Å². The smallest absolute Gasteiger partial charge is 0.237 e. The lowest BCUT2D eigenvalue weighted by molar-refractivity contribution is -0.126. The van der Waals surface area contributed by atoms with Crippen molar-refractivity contribution in [3.63, 3.8) is 0 Å². The molecule has 6 heteroatoms. The van der Waals surface area contributed by atoms with Gasteiger partial charge in [-0.15, -0.1) is 10.2 Å². The highest BCUT2D eigenvalue weighted by Crippen LogP contribution is 2.23. The molecule has 1 N–H and O–H groups in total. The van der Waals surface area contributed by atoms with Gasteiger partial charge in [-0.3, -0.25) is 9.69 Å². The van der Waals surface area contributed by atoms with Crippen LogP contribution in [0.25, 0.3) is 0 Å². The Hall–Kier alpha value is -2.21. The Morgan fingerprint density at radius 2 is 2.04 bits per heavy atom. The number of nitrogens with zero attached hydrogens (tertiary/aromatic N) is 4.